The van der Waals surface area contributed by atoms with E-state index >= 15 is 0 Å². The Balaban J connectivity index is 2.35. The highest BCUT2D eigenvalue weighted by atomic mass is 16.6. The highest BCUT2D eigenvalue weighted by molar-refractivity contribution is 5.98. The van der Waals surface area contributed by atoms with Gasteiger partial charge in [-0.05, 0) is 11.6 Å². The van der Waals surface area contributed by atoms with E-state index in [0.29, 0.717) is 5.56 Å². The molecule has 0 aliphatic heterocycles. The van der Waals surface area contributed by atoms with Gasteiger partial charge in [-0.2, -0.15) is 10.5 Å². The maximum absolute atomic E-state index is 12.2. The summed E-state index contributed by atoms with van der Waals surface area (Å²) in [4.78, 5) is 22.4. The molecule has 2 rings (SSSR count). The second-order valence-electron chi connectivity index (χ2n) is 4.47. The summed E-state index contributed by atoms with van der Waals surface area (Å²) in [7, 11) is 0. The fourth-order valence-corrected chi connectivity index (χ4v) is 2.04. The molecule has 0 spiro atoms. The molecule has 6 heteroatoms. The Bertz CT molecular complexity index is 844. The van der Waals surface area contributed by atoms with E-state index < -0.39 is 4.92 Å². The number of hydrogen-bond donors (Lipinski definition) is 0. The van der Waals surface area contributed by atoms with Gasteiger partial charge >= 0.3 is 0 Å². The number of carbonyl (C=O) groups excluding carboxylic acids is 1. The molecule has 6 nitrogen and oxygen atoms in total. The summed E-state index contributed by atoms with van der Waals surface area (Å²) >= 11 is 0. The third-order valence-electron chi connectivity index (χ3n) is 3.11. The van der Waals surface area contributed by atoms with E-state index in [1.807, 2.05) is 12.1 Å². The summed E-state index contributed by atoms with van der Waals surface area (Å²) in [6.45, 7) is 0. The fourth-order valence-electron chi connectivity index (χ4n) is 2.04. The van der Waals surface area contributed by atoms with Crippen molar-refractivity contribution in [1.29, 1.82) is 10.5 Å². The van der Waals surface area contributed by atoms with Crippen LogP contribution in [0.3, 0.4) is 0 Å². The van der Waals surface area contributed by atoms with Gasteiger partial charge in [-0.3, -0.25) is 14.9 Å². The molecule has 0 fully saturated rings. The van der Waals surface area contributed by atoms with Crippen molar-refractivity contribution >= 4 is 11.5 Å². The van der Waals surface area contributed by atoms with Gasteiger partial charge in [0.1, 0.15) is 12.1 Å². The molecular weight excluding hydrogens is 282 g/mol. The van der Waals surface area contributed by atoms with Crippen LogP contribution >= 0.6 is 0 Å². The average molecular weight is 291 g/mol. The molecule has 0 aliphatic rings. The first-order valence-electron chi connectivity index (χ1n) is 6.26. The number of nitriles is 2. The van der Waals surface area contributed by atoms with Crippen LogP contribution in [0.15, 0.2) is 42.5 Å². The van der Waals surface area contributed by atoms with Crippen LogP contribution in [0.25, 0.3) is 0 Å². The van der Waals surface area contributed by atoms with Crippen LogP contribution in [0.1, 0.15) is 27.0 Å². The van der Waals surface area contributed by atoms with E-state index in [4.69, 9.17) is 10.5 Å². The molecule has 0 unspecified atom stereocenters. The first-order chi connectivity index (χ1) is 10.6. The van der Waals surface area contributed by atoms with Gasteiger partial charge in [0.15, 0.2) is 5.78 Å². The van der Waals surface area contributed by atoms with E-state index in [-0.39, 0.29) is 34.6 Å². The van der Waals surface area contributed by atoms with Crippen LogP contribution in [0, 0.1) is 32.8 Å². The number of nitrogens with zero attached hydrogens (tertiary/aromatic N) is 3. The molecule has 0 saturated heterocycles. The highest BCUT2D eigenvalue weighted by Crippen LogP contribution is 2.18. The van der Waals surface area contributed by atoms with Gasteiger partial charge in [0, 0.05) is 24.1 Å². The van der Waals surface area contributed by atoms with Gasteiger partial charge in [0.2, 0.25) is 0 Å². The van der Waals surface area contributed by atoms with Crippen LogP contribution < -0.4 is 0 Å². The number of nitro benzene ring substituents is 1. The van der Waals surface area contributed by atoms with Gasteiger partial charge in [-0.1, -0.05) is 24.3 Å². The summed E-state index contributed by atoms with van der Waals surface area (Å²) in [6.07, 6.45) is -0.0976. The van der Waals surface area contributed by atoms with E-state index in [0.717, 1.165) is 0 Å². The number of carbonyl (C=O) groups is 1. The third-order valence-corrected chi connectivity index (χ3v) is 3.11. The Morgan fingerprint density at radius 1 is 1.14 bits per heavy atom. The monoisotopic (exact) mass is 291 g/mol. The van der Waals surface area contributed by atoms with Crippen molar-refractivity contribution < 1.29 is 9.72 Å². The van der Waals surface area contributed by atoms with Crippen LogP contribution in [-0.2, 0) is 6.42 Å². The number of ketones is 1. The van der Waals surface area contributed by atoms with Gasteiger partial charge < -0.3 is 0 Å². The summed E-state index contributed by atoms with van der Waals surface area (Å²) in [5, 5.41) is 28.8. The summed E-state index contributed by atoms with van der Waals surface area (Å²) in [6, 6.07) is 13.9. The normalized spacial score (nSPS) is 9.55. The Hall–Kier alpha value is -3.51. The van der Waals surface area contributed by atoms with Crippen molar-refractivity contribution in [3.05, 3.63) is 74.8 Å². The zero-order chi connectivity index (χ0) is 16.1. The number of rotatable bonds is 4. The van der Waals surface area contributed by atoms with Crippen molar-refractivity contribution in [2.45, 2.75) is 6.42 Å². The first kappa shape index (κ1) is 14.9. The molecule has 0 saturated carbocycles. The minimum Gasteiger partial charge on any atom is -0.294 e. The van der Waals surface area contributed by atoms with Crippen molar-refractivity contribution in [3.63, 3.8) is 0 Å². The smallest absolute Gasteiger partial charge is 0.270 e. The fraction of sp³-hybridized carbons (Fsp3) is 0.0625. The number of benzene rings is 2. The van der Waals surface area contributed by atoms with Crippen molar-refractivity contribution in [1.82, 2.24) is 0 Å². The standard InChI is InChI=1S/C16H9N3O3/c17-9-13-5-1-3-11(15(13)10-18)8-16(20)12-4-2-6-14(7-12)19(21)22/h1-7H,8H2. The summed E-state index contributed by atoms with van der Waals surface area (Å²) in [5.41, 5.74) is 0.811. The number of non-ortho nitro benzene ring substituents is 1. The van der Waals surface area contributed by atoms with Crippen LogP contribution in [0.5, 0.6) is 0 Å². The molecule has 0 aliphatic carbocycles. The lowest BCUT2D eigenvalue weighted by Crippen LogP contribution is -2.06. The SMILES string of the molecule is N#Cc1cccc(CC(=O)c2cccc([N+](=O)[O-])c2)c1C#N. The molecule has 2 aromatic rings. The lowest BCUT2D eigenvalue weighted by Gasteiger charge is -2.05. The second-order valence-corrected chi connectivity index (χ2v) is 4.47. The molecular formula is C16H9N3O3. The van der Waals surface area contributed by atoms with Gasteiger partial charge in [0.25, 0.3) is 5.69 Å². The molecule has 0 heterocycles. The molecule has 0 bridgehead atoms. The molecule has 0 atom stereocenters. The Kier molecular flexibility index (Phi) is 4.26. The lowest BCUT2D eigenvalue weighted by atomic mass is 9.96. The van der Waals surface area contributed by atoms with E-state index in [2.05, 4.69) is 0 Å². The Morgan fingerprint density at radius 2 is 1.86 bits per heavy atom. The second kappa shape index (κ2) is 6.29. The van der Waals surface area contributed by atoms with Crippen LogP contribution in [0.2, 0.25) is 0 Å². The predicted molar refractivity (Wildman–Crippen MR) is 77.0 cm³/mol. The predicted octanol–water partition coefficient (Wildman–Crippen LogP) is 2.76. The minimum absolute atomic E-state index is 0.0976. The molecule has 0 N–H and O–H groups in total. The zero-order valence-corrected chi connectivity index (χ0v) is 11.3. The van der Waals surface area contributed by atoms with E-state index in [1.54, 1.807) is 12.1 Å². The first-order valence-corrected chi connectivity index (χ1v) is 6.26. The van der Waals surface area contributed by atoms with Crippen molar-refractivity contribution in [2.75, 3.05) is 0 Å². The van der Waals surface area contributed by atoms with E-state index in [1.165, 1.54) is 30.3 Å². The molecule has 106 valence electrons. The van der Waals surface area contributed by atoms with Gasteiger partial charge in [-0.15, -0.1) is 0 Å². The number of Topliss-reactive ketones (excluding diaryl/α,β-unsaturated/α-hetero) is 1. The number of hydrogen-bond acceptors (Lipinski definition) is 5. The Morgan fingerprint density at radius 3 is 2.50 bits per heavy atom. The summed E-state index contributed by atoms with van der Waals surface area (Å²) in [5.74, 6) is -0.352. The average Bonchev–Trinajstić information content (AvgIpc) is 2.54. The molecule has 0 radical (unpaired) electrons. The maximum atomic E-state index is 12.2. The van der Waals surface area contributed by atoms with Crippen molar-refractivity contribution in [3.8, 4) is 12.1 Å². The molecule has 0 aromatic heterocycles. The quantitative estimate of drug-likeness (QED) is 0.489. The van der Waals surface area contributed by atoms with E-state index in [9.17, 15) is 14.9 Å². The molecule has 2 aromatic carbocycles. The largest absolute Gasteiger partial charge is 0.294 e. The summed E-state index contributed by atoms with van der Waals surface area (Å²) < 4.78 is 0. The molecule has 22 heavy (non-hydrogen) atoms. The van der Waals surface area contributed by atoms with Crippen LogP contribution in [0.4, 0.5) is 5.69 Å². The zero-order valence-electron chi connectivity index (χ0n) is 11.3. The van der Waals surface area contributed by atoms with Crippen molar-refractivity contribution in [2.24, 2.45) is 0 Å². The molecule has 0 amide bonds. The third kappa shape index (κ3) is 2.97. The highest BCUT2D eigenvalue weighted by Gasteiger charge is 2.15. The minimum atomic E-state index is -0.576. The Labute approximate surface area is 126 Å². The van der Waals surface area contributed by atoms with Gasteiger partial charge in [0.05, 0.1) is 16.1 Å². The lowest BCUT2D eigenvalue weighted by molar-refractivity contribution is -0.384. The van der Waals surface area contributed by atoms with Crippen LogP contribution in [-0.4, -0.2) is 10.7 Å². The van der Waals surface area contributed by atoms with Gasteiger partial charge in [-0.25, -0.2) is 0 Å². The maximum Gasteiger partial charge on any atom is 0.270 e. The topological polar surface area (TPSA) is 108 Å². The number of nitro groups is 1.